The van der Waals surface area contributed by atoms with Crippen molar-refractivity contribution in [2.75, 3.05) is 0 Å². The number of amides is 1. The van der Waals surface area contributed by atoms with E-state index in [1.165, 1.54) is 11.0 Å². The van der Waals surface area contributed by atoms with Crippen molar-refractivity contribution < 1.29 is 4.79 Å². The van der Waals surface area contributed by atoms with Gasteiger partial charge in [-0.05, 0) is 48.0 Å². The highest BCUT2D eigenvalue weighted by atomic mass is 16.1. The second-order valence-electron chi connectivity index (χ2n) is 5.19. The van der Waals surface area contributed by atoms with E-state index >= 15 is 0 Å². The van der Waals surface area contributed by atoms with Crippen molar-refractivity contribution >= 4 is 5.91 Å². The monoisotopic (exact) mass is 311 g/mol. The molecular weight excluding hydrogens is 294 g/mol. The fourth-order valence-electron chi connectivity index (χ4n) is 2.26. The number of carbonyl (C=O) groups excluding carboxylic acids is 1. The molecule has 0 bridgehead atoms. The predicted octanol–water partition coefficient (Wildman–Crippen LogP) is 1.57. The van der Waals surface area contributed by atoms with E-state index < -0.39 is 0 Å². The summed E-state index contributed by atoms with van der Waals surface area (Å²) < 4.78 is 1.53. The average molecular weight is 311 g/mol. The Balaban J connectivity index is 1.72. The van der Waals surface area contributed by atoms with Crippen LogP contribution in [0.5, 0.6) is 0 Å². The molecule has 3 rings (SSSR count). The lowest BCUT2D eigenvalue weighted by Gasteiger charge is -2.15. The van der Waals surface area contributed by atoms with Crippen LogP contribution in [0.4, 0.5) is 0 Å². The Morgan fingerprint density at radius 2 is 2.13 bits per heavy atom. The standard InChI is InChI=1S/C15H17N7O/c1-3-13(14-16-8-10(2)18-14)19-15(23)11-4-6-12(7-5-11)22-9-17-20-21-22/h4-9,13H,3H2,1-2H3,(H,16,18)(H,19,23)/t13-/m0/s1. The summed E-state index contributed by atoms with van der Waals surface area (Å²) in [5.41, 5.74) is 2.34. The van der Waals surface area contributed by atoms with Crippen molar-refractivity contribution in [1.82, 2.24) is 35.5 Å². The summed E-state index contributed by atoms with van der Waals surface area (Å²) in [6.45, 7) is 3.94. The van der Waals surface area contributed by atoms with E-state index in [9.17, 15) is 4.79 Å². The number of rotatable bonds is 5. The van der Waals surface area contributed by atoms with Gasteiger partial charge in [0.1, 0.15) is 12.2 Å². The van der Waals surface area contributed by atoms with E-state index in [0.29, 0.717) is 5.56 Å². The maximum atomic E-state index is 12.4. The maximum absolute atomic E-state index is 12.4. The summed E-state index contributed by atoms with van der Waals surface area (Å²) in [6, 6.07) is 6.93. The fourth-order valence-corrected chi connectivity index (χ4v) is 2.26. The van der Waals surface area contributed by atoms with Gasteiger partial charge < -0.3 is 10.3 Å². The highest BCUT2D eigenvalue weighted by Gasteiger charge is 2.16. The largest absolute Gasteiger partial charge is 0.344 e. The Morgan fingerprint density at radius 3 is 2.70 bits per heavy atom. The molecule has 0 aliphatic rings. The lowest BCUT2D eigenvalue weighted by molar-refractivity contribution is 0.0934. The molecule has 0 radical (unpaired) electrons. The molecule has 1 aromatic carbocycles. The Bertz CT molecular complexity index is 777. The molecule has 0 unspecified atom stereocenters. The van der Waals surface area contributed by atoms with Gasteiger partial charge in [0.15, 0.2) is 0 Å². The molecule has 2 aromatic heterocycles. The van der Waals surface area contributed by atoms with Crippen LogP contribution in [0.3, 0.4) is 0 Å². The number of imidazole rings is 1. The molecule has 0 spiro atoms. The Hall–Kier alpha value is -3.03. The number of aromatic amines is 1. The second kappa shape index (κ2) is 6.39. The quantitative estimate of drug-likeness (QED) is 0.745. The molecule has 3 aromatic rings. The van der Waals surface area contributed by atoms with Crippen LogP contribution in [0.2, 0.25) is 0 Å². The first kappa shape index (κ1) is 14.9. The molecule has 1 atom stereocenters. The summed E-state index contributed by atoms with van der Waals surface area (Å²) in [7, 11) is 0. The molecule has 2 N–H and O–H groups in total. The average Bonchev–Trinajstić information content (AvgIpc) is 3.24. The molecule has 0 fully saturated rings. The van der Waals surface area contributed by atoms with Crippen LogP contribution in [0.15, 0.2) is 36.8 Å². The van der Waals surface area contributed by atoms with Gasteiger partial charge in [-0.25, -0.2) is 9.67 Å². The molecule has 0 aliphatic heterocycles. The highest BCUT2D eigenvalue weighted by molar-refractivity contribution is 5.94. The molecule has 0 saturated heterocycles. The van der Waals surface area contributed by atoms with Gasteiger partial charge in [-0.15, -0.1) is 5.10 Å². The minimum atomic E-state index is -0.144. The molecule has 23 heavy (non-hydrogen) atoms. The van der Waals surface area contributed by atoms with E-state index in [1.54, 1.807) is 30.5 Å². The number of aryl methyl sites for hydroxylation is 1. The lowest BCUT2D eigenvalue weighted by Crippen LogP contribution is -2.28. The maximum Gasteiger partial charge on any atom is 0.251 e. The number of nitrogens with zero attached hydrogens (tertiary/aromatic N) is 5. The van der Waals surface area contributed by atoms with Gasteiger partial charge in [0.05, 0.1) is 11.7 Å². The second-order valence-corrected chi connectivity index (χ2v) is 5.19. The Morgan fingerprint density at radius 1 is 1.35 bits per heavy atom. The van der Waals surface area contributed by atoms with E-state index in [4.69, 9.17) is 0 Å². The lowest BCUT2D eigenvalue weighted by atomic mass is 10.1. The number of benzene rings is 1. The van der Waals surface area contributed by atoms with Crippen LogP contribution >= 0.6 is 0 Å². The first-order valence-electron chi connectivity index (χ1n) is 7.33. The van der Waals surface area contributed by atoms with Crippen LogP contribution in [0.25, 0.3) is 5.69 Å². The third-order valence-electron chi connectivity index (χ3n) is 3.51. The Labute approximate surface area is 132 Å². The zero-order valence-corrected chi connectivity index (χ0v) is 12.9. The summed E-state index contributed by atoms with van der Waals surface area (Å²) >= 11 is 0. The van der Waals surface area contributed by atoms with Crippen LogP contribution in [-0.2, 0) is 0 Å². The van der Waals surface area contributed by atoms with Crippen LogP contribution in [0, 0.1) is 6.92 Å². The molecule has 1 amide bonds. The smallest absolute Gasteiger partial charge is 0.251 e. The summed E-state index contributed by atoms with van der Waals surface area (Å²) in [5, 5.41) is 14.0. The molecule has 0 saturated carbocycles. The number of tetrazole rings is 1. The zero-order chi connectivity index (χ0) is 16.2. The molecule has 8 nitrogen and oxygen atoms in total. The molecule has 0 aliphatic carbocycles. The number of nitrogens with one attached hydrogen (secondary N) is 2. The van der Waals surface area contributed by atoms with Gasteiger partial charge in [0.25, 0.3) is 5.91 Å². The van der Waals surface area contributed by atoms with Crippen LogP contribution in [0.1, 0.15) is 41.3 Å². The molecule has 8 heteroatoms. The number of carbonyl (C=O) groups is 1. The summed E-state index contributed by atoms with van der Waals surface area (Å²) in [4.78, 5) is 19.8. The number of H-pyrrole nitrogens is 1. The van der Waals surface area contributed by atoms with Crippen molar-refractivity contribution in [3.05, 3.63) is 53.9 Å². The summed E-state index contributed by atoms with van der Waals surface area (Å²) in [6.07, 6.45) is 4.01. The molecule has 2 heterocycles. The van der Waals surface area contributed by atoms with Gasteiger partial charge >= 0.3 is 0 Å². The topological polar surface area (TPSA) is 101 Å². The van der Waals surface area contributed by atoms with Gasteiger partial charge in [-0.1, -0.05) is 6.92 Å². The first-order chi connectivity index (χ1) is 11.2. The van der Waals surface area contributed by atoms with Crippen molar-refractivity contribution in [2.45, 2.75) is 26.3 Å². The van der Waals surface area contributed by atoms with Crippen molar-refractivity contribution in [3.63, 3.8) is 0 Å². The predicted molar refractivity (Wildman–Crippen MR) is 83.0 cm³/mol. The van der Waals surface area contributed by atoms with Crippen molar-refractivity contribution in [2.24, 2.45) is 0 Å². The van der Waals surface area contributed by atoms with E-state index in [1.807, 2.05) is 13.8 Å². The van der Waals surface area contributed by atoms with Gasteiger partial charge in [-0.2, -0.15) is 0 Å². The molecule has 118 valence electrons. The van der Waals surface area contributed by atoms with Crippen molar-refractivity contribution in [1.29, 1.82) is 0 Å². The van der Waals surface area contributed by atoms with E-state index in [0.717, 1.165) is 23.6 Å². The molecular formula is C15H17N7O. The van der Waals surface area contributed by atoms with Crippen LogP contribution in [-0.4, -0.2) is 36.1 Å². The van der Waals surface area contributed by atoms with E-state index in [2.05, 4.69) is 30.8 Å². The van der Waals surface area contributed by atoms with Gasteiger partial charge in [0, 0.05) is 17.5 Å². The normalized spacial score (nSPS) is 12.1. The third kappa shape index (κ3) is 3.25. The third-order valence-corrected chi connectivity index (χ3v) is 3.51. The summed E-state index contributed by atoms with van der Waals surface area (Å²) in [5.74, 6) is 0.623. The van der Waals surface area contributed by atoms with Gasteiger partial charge in [-0.3, -0.25) is 4.79 Å². The minimum Gasteiger partial charge on any atom is -0.344 e. The van der Waals surface area contributed by atoms with Gasteiger partial charge in [0.2, 0.25) is 0 Å². The number of hydrogen-bond donors (Lipinski definition) is 2. The van der Waals surface area contributed by atoms with Crippen LogP contribution < -0.4 is 5.32 Å². The van der Waals surface area contributed by atoms with Crippen molar-refractivity contribution in [3.8, 4) is 5.69 Å². The number of aromatic nitrogens is 6. The minimum absolute atomic E-state index is 0.143. The van der Waals surface area contributed by atoms with E-state index in [-0.39, 0.29) is 11.9 Å². The fraction of sp³-hybridized carbons (Fsp3) is 0.267. The highest BCUT2D eigenvalue weighted by Crippen LogP contribution is 2.15. The SMILES string of the molecule is CC[C@H](NC(=O)c1ccc(-n2cnnn2)cc1)c1ncc(C)[nH]1. The number of hydrogen-bond acceptors (Lipinski definition) is 5. The first-order valence-corrected chi connectivity index (χ1v) is 7.33. The zero-order valence-electron chi connectivity index (χ0n) is 12.9. The Kier molecular flexibility index (Phi) is 4.13.